The fraction of sp³-hybridized carbons (Fsp3) is 0.786. The van der Waals surface area contributed by atoms with Crippen LogP contribution in [0.5, 0.6) is 0 Å². The number of hydrogen-bond acceptors (Lipinski definition) is 2. The molecule has 0 saturated carbocycles. The predicted octanol–water partition coefficient (Wildman–Crippen LogP) is 3.75. The van der Waals surface area contributed by atoms with Gasteiger partial charge in [0.2, 0.25) is 0 Å². The van der Waals surface area contributed by atoms with Crippen molar-refractivity contribution < 1.29 is 9.53 Å². The molecule has 0 radical (unpaired) electrons. The van der Waals surface area contributed by atoms with Crippen LogP contribution >= 0.6 is 0 Å². The molecule has 0 bridgehead atoms. The zero-order valence-corrected chi connectivity index (χ0v) is 11.6. The number of carbonyl (C=O) groups is 1. The maximum absolute atomic E-state index is 11.8. The Kier molecular flexibility index (Phi) is 5.40. The SMILES string of the molecule is C=C(C)C(=O)C(C)(C)OCCC(C)(C)CC. The van der Waals surface area contributed by atoms with Gasteiger partial charge in [0.25, 0.3) is 0 Å². The Balaban J connectivity index is 4.20. The van der Waals surface area contributed by atoms with E-state index >= 15 is 0 Å². The molecule has 0 aromatic rings. The topological polar surface area (TPSA) is 26.3 Å². The first kappa shape index (κ1) is 15.4. The molecule has 0 unspecified atom stereocenters. The standard InChI is InChI=1S/C14H26O2/c1-8-13(4,5)9-10-16-14(6,7)12(15)11(2)3/h2,8-10H2,1,3-7H3. The molecule has 0 aliphatic rings. The van der Waals surface area contributed by atoms with E-state index < -0.39 is 5.60 Å². The van der Waals surface area contributed by atoms with Gasteiger partial charge in [0.15, 0.2) is 5.78 Å². The molecule has 0 rings (SSSR count). The summed E-state index contributed by atoms with van der Waals surface area (Å²) in [7, 11) is 0. The maximum Gasteiger partial charge on any atom is 0.189 e. The van der Waals surface area contributed by atoms with Crippen LogP contribution in [0.4, 0.5) is 0 Å². The maximum atomic E-state index is 11.8. The van der Waals surface area contributed by atoms with E-state index in [2.05, 4.69) is 27.4 Å². The molecular formula is C14H26O2. The molecule has 0 aliphatic heterocycles. The molecule has 2 nitrogen and oxygen atoms in total. The van der Waals surface area contributed by atoms with Crippen molar-refractivity contribution in [2.75, 3.05) is 6.61 Å². The van der Waals surface area contributed by atoms with Crippen LogP contribution in [0.3, 0.4) is 0 Å². The first-order chi connectivity index (χ1) is 7.12. The lowest BCUT2D eigenvalue weighted by Gasteiger charge is -2.28. The quantitative estimate of drug-likeness (QED) is 0.618. The lowest BCUT2D eigenvalue weighted by Crippen LogP contribution is -2.36. The highest BCUT2D eigenvalue weighted by Gasteiger charge is 2.29. The van der Waals surface area contributed by atoms with E-state index in [1.54, 1.807) is 6.92 Å². The van der Waals surface area contributed by atoms with Crippen molar-refractivity contribution in [3.05, 3.63) is 12.2 Å². The molecule has 0 saturated heterocycles. The van der Waals surface area contributed by atoms with Gasteiger partial charge in [-0.3, -0.25) is 4.79 Å². The summed E-state index contributed by atoms with van der Waals surface area (Å²) in [4.78, 5) is 11.8. The largest absolute Gasteiger partial charge is 0.367 e. The highest BCUT2D eigenvalue weighted by Crippen LogP contribution is 2.25. The molecule has 0 atom stereocenters. The minimum absolute atomic E-state index is 0.0122. The molecule has 0 N–H and O–H groups in total. The average molecular weight is 226 g/mol. The van der Waals surface area contributed by atoms with Gasteiger partial charge in [0.05, 0.1) is 0 Å². The second-order valence-electron chi connectivity index (χ2n) is 5.74. The Hall–Kier alpha value is -0.630. The van der Waals surface area contributed by atoms with Crippen LogP contribution in [-0.4, -0.2) is 18.0 Å². The summed E-state index contributed by atoms with van der Waals surface area (Å²) in [5.74, 6) is -0.0122. The third kappa shape index (κ3) is 4.93. The van der Waals surface area contributed by atoms with Gasteiger partial charge in [-0.05, 0) is 38.2 Å². The van der Waals surface area contributed by atoms with Crippen molar-refractivity contribution in [1.82, 2.24) is 0 Å². The molecule has 0 spiro atoms. The molecule has 0 aliphatic carbocycles. The van der Waals surface area contributed by atoms with E-state index in [0.29, 0.717) is 12.2 Å². The summed E-state index contributed by atoms with van der Waals surface area (Å²) in [5.41, 5.74) is 0.0950. The van der Waals surface area contributed by atoms with Crippen LogP contribution in [0.2, 0.25) is 0 Å². The van der Waals surface area contributed by atoms with Crippen molar-refractivity contribution in [1.29, 1.82) is 0 Å². The highest BCUT2D eigenvalue weighted by molar-refractivity contribution is 6.00. The van der Waals surface area contributed by atoms with Gasteiger partial charge in [0.1, 0.15) is 5.60 Å². The van der Waals surface area contributed by atoms with Crippen LogP contribution in [-0.2, 0) is 9.53 Å². The van der Waals surface area contributed by atoms with Crippen LogP contribution in [0.15, 0.2) is 12.2 Å². The van der Waals surface area contributed by atoms with Crippen molar-refractivity contribution in [2.45, 2.75) is 60.0 Å². The normalized spacial score (nSPS) is 12.6. The fourth-order valence-corrected chi connectivity index (χ4v) is 1.34. The Bertz CT molecular complexity index is 262. The van der Waals surface area contributed by atoms with Crippen LogP contribution in [0.25, 0.3) is 0 Å². The molecule has 16 heavy (non-hydrogen) atoms. The summed E-state index contributed by atoms with van der Waals surface area (Å²) in [6.07, 6.45) is 2.08. The third-order valence-electron chi connectivity index (χ3n) is 3.13. The number of Topliss-reactive ketones (excluding diaryl/α,β-unsaturated/α-hetero) is 1. The second-order valence-corrected chi connectivity index (χ2v) is 5.74. The van der Waals surface area contributed by atoms with E-state index in [1.165, 1.54) is 0 Å². The van der Waals surface area contributed by atoms with E-state index in [1.807, 2.05) is 13.8 Å². The third-order valence-corrected chi connectivity index (χ3v) is 3.13. The molecule has 0 aromatic heterocycles. The van der Waals surface area contributed by atoms with Gasteiger partial charge in [0, 0.05) is 6.61 Å². The molecule has 94 valence electrons. The zero-order valence-electron chi connectivity index (χ0n) is 11.6. The van der Waals surface area contributed by atoms with E-state index in [-0.39, 0.29) is 11.2 Å². The lowest BCUT2D eigenvalue weighted by atomic mass is 9.87. The summed E-state index contributed by atoms with van der Waals surface area (Å²) in [5, 5.41) is 0. The highest BCUT2D eigenvalue weighted by atomic mass is 16.5. The number of carbonyl (C=O) groups excluding carboxylic acids is 1. The number of ether oxygens (including phenoxy) is 1. The first-order valence-electron chi connectivity index (χ1n) is 5.96. The zero-order chi connectivity index (χ0) is 13.0. The van der Waals surface area contributed by atoms with Crippen molar-refractivity contribution in [3.8, 4) is 0 Å². The molecule has 2 heteroatoms. The summed E-state index contributed by atoms with van der Waals surface area (Å²) < 4.78 is 5.68. The smallest absolute Gasteiger partial charge is 0.189 e. The molecule has 0 fully saturated rings. The van der Waals surface area contributed by atoms with E-state index in [4.69, 9.17) is 4.74 Å². The Morgan fingerprint density at radius 3 is 2.12 bits per heavy atom. The van der Waals surface area contributed by atoms with E-state index in [9.17, 15) is 4.79 Å². The Morgan fingerprint density at radius 1 is 1.25 bits per heavy atom. The lowest BCUT2D eigenvalue weighted by molar-refractivity contribution is -0.137. The number of rotatable bonds is 7. The second kappa shape index (κ2) is 5.62. The Morgan fingerprint density at radius 2 is 1.75 bits per heavy atom. The monoisotopic (exact) mass is 226 g/mol. The van der Waals surface area contributed by atoms with Crippen molar-refractivity contribution in [3.63, 3.8) is 0 Å². The number of ketones is 1. The van der Waals surface area contributed by atoms with Gasteiger partial charge < -0.3 is 4.74 Å². The predicted molar refractivity (Wildman–Crippen MR) is 68.5 cm³/mol. The fourth-order valence-electron chi connectivity index (χ4n) is 1.34. The molecular weight excluding hydrogens is 200 g/mol. The summed E-state index contributed by atoms with van der Waals surface area (Å²) in [6, 6.07) is 0. The van der Waals surface area contributed by atoms with Gasteiger partial charge >= 0.3 is 0 Å². The molecule has 0 heterocycles. The van der Waals surface area contributed by atoms with Gasteiger partial charge in [-0.15, -0.1) is 0 Å². The molecule has 0 aromatic carbocycles. The first-order valence-corrected chi connectivity index (χ1v) is 5.96. The van der Waals surface area contributed by atoms with Gasteiger partial charge in [-0.1, -0.05) is 33.8 Å². The van der Waals surface area contributed by atoms with Gasteiger partial charge in [-0.25, -0.2) is 0 Å². The van der Waals surface area contributed by atoms with E-state index in [0.717, 1.165) is 12.8 Å². The minimum atomic E-state index is -0.740. The molecule has 0 amide bonds. The van der Waals surface area contributed by atoms with Crippen LogP contribution in [0, 0.1) is 5.41 Å². The van der Waals surface area contributed by atoms with Crippen molar-refractivity contribution in [2.24, 2.45) is 5.41 Å². The summed E-state index contributed by atoms with van der Waals surface area (Å²) >= 11 is 0. The minimum Gasteiger partial charge on any atom is -0.367 e. The van der Waals surface area contributed by atoms with Crippen LogP contribution in [0.1, 0.15) is 54.4 Å². The Labute approximate surface area is 100 Å². The number of hydrogen-bond donors (Lipinski definition) is 0. The average Bonchev–Trinajstić information content (AvgIpc) is 2.15. The summed E-state index contributed by atoms with van der Waals surface area (Å²) in [6.45, 7) is 16.2. The van der Waals surface area contributed by atoms with Crippen LogP contribution < -0.4 is 0 Å². The van der Waals surface area contributed by atoms with Crippen molar-refractivity contribution >= 4 is 5.78 Å². The van der Waals surface area contributed by atoms with Gasteiger partial charge in [-0.2, -0.15) is 0 Å².